The monoisotopic (exact) mass is 369 g/mol. The number of thioether (sulfide) groups is 1. The number of aliphatic hydroxyl groups excluding tert-OH is 1. The van der Waals surface area contributed by atoms with E-state index in [1.165, 1.54) is 0 Å². The van der Waals surface area contributed by atoms with Crippen molar-refractivity contribution in [3.63, 3.8) is 0 Å². The molecule has 126 valence electrons. The molecule has 4 rings (SSSR count). The summed E-state index contributed by atoms with van der Waals surface area (Å²) >= 11 is 7.75. The summed E-state index contributed by atoms with van der Waals surface area (Å²) in [5, 5.41) is 12.2. The van der Waals surface area contributed by atoms with Crippen LogP contribution >= 0.6 is 23.4 Å². The molecule has 0 aliphatic carbocycles. The van der Waals surface area contributed by atoms with Crippen molar-refractivity contribution in [2.24, 2.45) is 0 Å². The van der Waals surface area contributed by atoms with Crippen molar-refractivity contribution in [3.8, 4) is 0 Å². The number of imidazole rings is 1. The topological polar surface area (TPSA) is 50.9 Å². The van der Waals surface area contributed by atoms with Gasteiger partial charge in [0.05, 0.1) is 33.9 Å². The number of nitrogens with zero attached hydrogens (tertiary/aromatic N) is 3. The SMILES string of the molecule is OCCn1c(CSc2ccc3ccccc3n2)nc2ccc(Cl)cc21. The maximum atomic E-state index is 9.39. The Balaban J connectivity index is 1.64. The van der Waals surface area contributed by atoms with Crippen LogP contribution in [0.3, 0.4) is 0 Å². The first-order valence-corrected chi connectivity index (χ1v) is 9.35. The van der Waals surface area contributed by atoms with Crippen LogP contribution in [-0.2, 0) is 12.3 Å². The summed E-state index contributed by atoms with van der Waals surface area (Å²) in [6.45, 7) is 0.557. The van der Waals surface area contributed by atoms with Crippen LogP contribution in [-0.4, -0.2) is 26.2 Å². The first kappa shape index (κ1) is 16.4. The first-order valence-electron chi connectivity index (χ1n) is 7.99. The van der Waals surface area contributed by atoms with E-state index in [2.05, 4.69) is 17.1 Å². The number of rotatable bonds is 5. The van der Waals surface area contributed by atoms with Crippen LogP contribution in [0.25, 0.3) is 21.9 Å². The van der Waals surface area contributed by atoms with Crippen molar-refractivity contribution in [2.45, 2.75) is 17.3 Å². The Bertz CT molecular complexity index is 1050. The molecule has 0 atom stereocenters. The maximum absolute atomic E-state index is 9.39. The Morgan fingerprint density at radius 2 is 1.88 bits per heavy atom. The standard InChI is InChI=1S/C19H16ClN3OS/c20-14-6-7-16-17(11-14)23(9-10-24)18(21-16)12-25-19-8-5-13-3-1-2-4-15(13)22-19/h1-8,11,24H,9-10,12H2. The summed E-state index contributed by atoms with van der Waals surface area (Å²) in [7, 11) is 0. The molecule has 25 heavy (non-hydrogen) atoms. The number of para-hydroxylation sites is 1. The van der Waals surface area contributed by atoms with Gasteiger partial charge in [-0.1, -0.05) is 47.6 Å². The molecule has 0 spiro atoms. The van der Waals surface area contributed by atoms with E-state index >= 15 is 0 Å². The van der Waals surface area contributed by atoms with Crippen LogP contribution < -0.4 is 0 Å². The second-order valence-electron chi connectivity index (χ2n) is 5.67. The third-order valence-corrected chi connectivity index (χ3v) is 5.20. The van der Waals surface area contributed by atoms with Gasteiger partial charge in [-0.3, -0.25) is 0 Å². The van der Waals surface area contributed by atoms with E-state index in [4.69, 9.17) is 16.6 Å². The fourth-order valence-electron chi connectivity index (χ4n) is 2.87. The van der Waals surface area contributed by atoms with Crippen molar-refractivity contribution in [3.05, 3.63) is 65.4 Å². The van der Waals surface area contributed by atoms with Gasteiger partial charge in [0.1, 0.15) is 5.82 Å². The van der Waals surface area contributed by atoms with E-state index in [9.17, 15) is 5.11 Å². The highest BCUT2D eigenvalue weighted by Gasteiger charge is 2.12. The molecule has 0 fully saturated rings. The van der Waals surface area contributed by atoms with Crippen LogP contribution in [0, 0.1) is 0 Å². The number of fused-ring (bicyclic) bond motifs is 2. The molecule has 0 unspecified atom stereocenters. The predicted octanol–water partition coefficient (Wildman–Crippen LogP) is 4.52. The summed E-state index contributed by atoms with van der Waals surface area (Å²) < 4.78 is 2.02. The molecule has 2 aromatic heterocycles. The van der Waals surface area contributed by atoms with Gasteiger partial charge in [0.25, 0.3) is 0 Å². The molecule has 0 amide bonds. The third-order valence-electron chi connectivity index (χ3n) is 4.03. The third kappa shape index (κ3) is 3.35. The Kier molecular flexibility index (Phi) is 4.61. The maximum Gasteiger partial charge on any atom is 0.120 e. The minimum Gasteiger partial charge on any atom is -0.395 e. The molecule has 6 heteroatoms. The summed E-state index contributed by atoms with van der Waals surface area (Å²) in [6.07, 6.45) is 0. The van der Waals surface area contributed by atoms with Gasteiger partial charge in [-0.15, -0.1) is 0 Å². The molecule has 0 radical (unpaired) electrons. The second kappa shape index (κ2) is 7.04. The van der Waals surface area contributed by atoms with Gasteiger partial charge in [-0.05, 0) is 30.3 Å². The number of hydrogen-bond acceptors (Lipinski definition) is 4. The van der Waals surface area contributed by atoms with Gasteiger partial charge >= 0.3 is 0 Å². The lowest BCUT2D eigenvalue weighted by Crippen LogP contribution is -2.06. The molecule has 2 heterocycles. The predicted molar refractivity (Wildman–Crippen MR) is 103 cm³/mol. The lowest BCUT2D eigenvalue weighted by Gasteiger charge is -2.07. The van der Waals surface area contributed by atoms with Gasteiger partial charge in [0.15, 0.2) is 0 Å². The number of benzene rings is 2. The Morgan fingerprint density at radius 1 is 1.00 bits per heavy atom. The zero-order valence-electron chi connectivity index (χ0n) is 13.4. The highest BCUT2D eigenvalue weighted by Crippen LogP contribution is 2.26. The van der Waals surface area contributed by atoms with Gasteiger partial charge < -0.3 is 9.67 Å². The average Bonchev–Trinajstić information content (AvgIpc) is 2.97. The van der Waals surface area contributed by atoms with Gasteiger partial charge in [0, 0.05) is 17.0 Å². The van der Waals surface area contributed by atoms with Gasteiger partial charge in [-0.25, -0.2) is 9.97 Å². The molecule has 2 aromatic carbocycles. The number of pyridine rings is 1. The van der Waals surface area contributed by atoms with Crippen LogP contribution in [0.2, 0.25) is 5.02 Å². The summed E-state index contributed by atoms with van der Waals surface area (Å²) in [6, 6.07) is 17.8. The van der Waals surface area contributed by atoms with Crippen LogP contribution in [0.1, 0.15) is 5.82 Å². The summed E-state index contributed by atoms with van der Waals surface area (Å²) in [5.41, 5.74) is 2.83. The Labute approximate surface area is 154 Å². The van der Waals surface area contributed by atoms with Crippen molar-refractivity contribution >= 4 is 45.3 Å². The van der Waals surface area contributed by atoms with Gasteiger partial charge in [-0.2, -0.15) is 0 Å². The zero-order valence-corrected chi connectivity index (χ0v) is 15.0. The minimum atomic E-state index is 0.0594. The Morgan fingerprint density at radius 3 is 2.76 bits per heavy atom. The van der Waals surface area contributed by atoms with Crippen molar-refractivity contribution in [2.75, 3.05) is 6.61 Å². The van der Waals surface area contributed by atoms with Gasteiger partial charge in [0.2, 0.25) is 0 Å². The normalized spacial score (nSPS) is 11.4. The lowest BCUT2D eigenvalue weighted by atomic mass is 10.2. The number of hydrogen-bond donors (Lipinski definition) is 1. The van der Waals surface area contributed by atoms with E-state index in [1.54, 1.807) is 11.8 Å². The van der Waals surface area contributed by atoms with Crippen molar-refractivity contribution in [1.82, 2.24) is 14.5 Å². The molecule has 4 aromatic rings. The molecule has 0 bridgehead atoms. The molecule has 0 saturated heterocycles. The van der Waals surface area contributed by atoms with Crippen molar-refractivity contribution < 1.29 is 5.11 Å². The average molecular weight is 370 g/mol. The zero-order chi connectivity index (χ0) is 17.2. The van der Waals surface area contributed by atoms with E-state index in [-0.39, 0.29) is 6.61 Å². The second-order valence-corrected chi connectivity index (χ2v) is 7.10. The minimum absolute atomic E-state index is 0.0594. The highest BCUT2D eigenvalue weighted by molar-refractivity contribution is 7.98. The molecule has 4 nitrogen and oxygen atoms in total. The number of halogens is 1. The summed E-state index contributed by atoms with van der Waals surface area (Å²) in [4.78, 5) is 9.38. The number of aliphatic hydroxyl groups is 1. The first-order chi connectivity index (χ1) is 12.2. The summed E-state index contributed by atoms with van der Waals surface area (Å²) in [5.74, 6) is 1.59. The van der Waals surface area contributed by atoms with E-state index in [0.717, 1.165) is 32.8 Å². The van der Waals surface area contributed by atoms with Crippen molar-refractivity contribution in [1.29, 1.82) is 0 Å². The fraction of sp³-hybridized carbons (Fsp3) is 0.158. The van der Waals surface area contributed by atoms with E-state index in [1.807, 2.05) is 47.0 Å². The van der Waals surface area contributed by atoms with Crippen LogP contribution in [0.4, 0.5) is 0 Å². The molecule has 1 N–H and O–H groups in total. The van der Waals surface area contributed by atoms with Crippen LogP contribution in [0.15, 0.2) is 59.6 Å². The molecule has 0 aliphatic heterocycles. The fourth-order valence-corrected chi connectivity index (χ4v) is 3.86. The smallest absolute Gasteiger partial charge is 0.120 e. The largest absolute Gasteiger partial charge is 0.395 e. The van der Waals surface area contributed by atoms with E-state index in [0.29, 0.717) is 17.3 Å². The number of aromatic nitrogens is 3. The molecule has 0 saturated carbocycles. The molecular formula is C19H16ClN3OS. The molecular weight excluding hydrogens is 354 g/mol. The Hall–Kier alpha value is -2.08. The highest BCUT2D eigenvalue weighted by atomic mass is 35.5. The quantitative estimate of drug-likeness (QED) is 0.525. The van der Waals surface area contributed by atoms with Crippen LogP contribution in [0.5, 0.6) is 0 Å². The van der Waals surface area contributed by atoms with E-state index < -0.39 is 0 Å². The molecule has 0 aliphatic rings. The lowest BCUT2D eigenvalue weighted by molar-refractivity contribution is 0.276.